The topological polar surface area (TPSA) is 176 Å². The Morgan fingerprint density at radius 3 is 2.29 bits per heavy atom. The second-order valence-electron chi connectivity index (χ2n) is 15.0. The molecule has 302 valence electrons. The summed E-state index contributed by atoms with van der Waals surface area (Å²) in [5.41, 5.74) is 4.86. The van der Waals surface area contributed by atoms with Crippen LogP contribution in [0.25, 0.3) is 22.0 Å². The molecule has 2 saturated heterocycles. The second-order valence-corrected chi connectivity index (χ2v) is 15.0. The van der Waals surface area contributed by atoms with Crippen molar-refractivity contribution in [2.24, 2.45) is 5.92 Å². The van der Waals surface area contributed by atoms with Gasteiger partial charge in [-0.2, -0.15) is 0 Å². The molecule has 0 spiro atoms. The number of phenolic OH excluding ortho intramolecular Hbond substituents is 1. The van der Waals surface area contributed by atoms with Crippen LogP contribution < -0.4 is 21.5 Å². The monoisotopic (exact) mass is 786 g/mol. The number of aromatic nitrogens is 1. The molecule has 0 bridgehead atoms. The van der Waals surface area contributed by atoms with Gasteiger partial charge < -0.3 is 40.4 Å². The number of phenols is 1. The third kappa shape index (κ3) is 10.3. The van der Waals surface area contributed by atoms with E-state index in [0.717, 1.165) is 29.8 Å². The molecule has 1 atom stereocenters. The van der Waals surface area contributed by atoms with Crippen LogP contribution in [0, 0.1) is 5.92 Å². The zero-order valence-corrected chi connectivity index (χ0v) is 32.4. The maximum Gasteiger partial charge on any atom is 0.411 e. The van der Waals surface area contributed by atoms with Crippen molar-refractivity contribution in [2.45, 2.75) is 50.9 Å². The molecule has 2 fully saturated rings. The number of para-hydroxylation sites is 1. The Bertz CT molecular complexity index is 2250. The van der Waals surface area contributed by atoms with Gasteiger partial charge in [-0.1, -0.05) is 66.7 Å². The number of H-pyrrole nitrogens is 1. The number of rotatable bonds is 13. The molecule has 58 heavy (non-hydrogen) atoms. The van der Waals surface area contributed by atoms with Crippen LogP contribution >= 0.6 is 0 Å². The van der Waals surface area contributed by atoms with Gasteiger partial charge in [0.2, 0.25) is 17.4 Å². The van der Waals surface area contributed by atoms with Crippen LogP contribution in [0.15, 0.2) is 108 Å². The molecule has 1 unspecified atom stereocenters. The zero-order valence-electron chi connectivity index (χ0n) is 32.4. The highest BCUT2D eigenvalue weighted by Gasteiger charge is 2.29. The molecule has 13 nitrogen and oxygen atoms in total. The van der Waals surface area contributed by atoms with Gasteiger partial charge in [0.25, 0.3) is 0 Å². The Hall–Kier alpha value is -6.02. The van der Waals surface area contributed by atoms with Crippen LogP contribution in [0.5, 0.6) is 5.75 Å². The predicted molar refractivity (Wildman–Crippen MR) is 223 cm³/mol. The number of hydrogen-bond acceptors (Lipinski definition) is 9. The summed E-state index contributed by atoms with van der Waals surface area (Å²) in [6.45, 7) is 3.97. The first-order valence-corrected chi connectivity index (χ1v) is 20.0. The lowest BCUT2D eigenvalue weighted by molar-refractivity contribution is -0.134. The molecular formula is C45H50N6O7. The molecule has 5 aromatic rings. The van der Waals surface area contributed by atoms with Crippen molar-refractivity contribution in [3.05, 3.63) is 125 Å². The minimum atomic E-state index is -0.865. The normalized spacial score (nSPS) is 15.8. The SMILES string of the molecule is O=C(Nc1ccccc1-c1ccccc1)OC1CCN(CCC(=O)N2CCC(C(=O)Nc3ccc(CNCC(O)c4ccc(O)c5[nH]c(=O)ccc45)cc3)CC2)CC1. The number of nitrogens with one attached hydrogen (secondary N) is 4. The summed E-state index contributed by atoms with van der Waals surface area (Å²) in [7, 11) is 0. The first-order chi connectivity index (χ1) is 28.2. The van der Waals surface area contributed by atoms with E-state index < -0.39 is 12.2 Å². The Balaban J connectivity index is 0.773. The van der Waals surface area contributed by atoms with E-state index in [1.807, 2.05) is 83.8 Å². The molecule has 2 aliphatic rings. The molecule has 0 aliphatic carbocycles. The maximum absolute atomic E-state index is 13.1. The average molecular weight is 787 g/mol. The quantitative estimate of drug-likeness (QED) is 0.0836. The zero-order chi connectivity index (χ0) is 40.4. The number of aliphatic hydroxyl groups is 1. The molecule has 0 radical (unpaired) electrons. The fourth-order valence-electron chi connectivity index (χ4n) is 7.77. The highest BCUT2D eigenvalue weighted by atomic mass is 16.6. The average Bonchev–Trinajstić information content (AvgIpc) is 3.24. The van der Waals surface area contributed by atoms with E-state index in [-0.39, 0.29) is 41.7 Å². The van der Waals surface area contributed by atoms with E-state index >= 15 is 0 Å². The predicted octanol–water partition coefficient (Wildman–Crippen LogP) is 6.00. The van der Waals surface area contributed by atoms with Crippen LogP contribution in [-0.2, 0) is 20.9 Å². The molecule has 3 amide bonds. The number of hydrogen-bond donors (Lipinski definition) is 6. The lowest BCUT2D eigenvalue weighted by Gasteiger charge is -2.34. The summed E-state index contributed by atoms with van der Waals surface area (Å²) in [4.78, 5) is 57.4. The summed E-state index contributed by atoms with van der Waals surface area (Å²) in [6.07, 6.45) is 1.52. The number of nitrogens with zero attached hydrogens (tertiary/aromatic N) is 2. The van der Waals surface area contributed by atoms with Crippen molar-refractivity contribution in [3.8, 4) is 16.9 Å². The molecule has 4 aromatic carbocycles. The number of piperidine rings is 2. The van der Waals surface area contributed by atoms with Crippen molar-refractivity contribution in [2.75, 3.05) is 49.9 Å². The second kappa shape index (κ2) is 18.9. The van der Waals surface area contributed by atoms with Crippen molar-refractivity contribution in [1.29, 1.82) is 0 Å². The van der Waals surface area contributed by atoms with Crippen molar-refractivity contribution in [3.63, 3.8) is 0 Å². The highest BCUT2D eigenvalue weighted by molar-refractivity contribution is 5.93. The number of benzene rings is 4. The lowest BCUT2D eigenvalue weighted by Crippen LogP contribution is -2.43. The minimum absolute atomic E-state index is 0.0530. The van der Waals surface area contributed by atoms with Gasteiger partial charge in [0, 0.05) is 80.9 Å². The largest absolute Gasteiger partial charge is 0.506 e. The minimum Gasteiger partial charge on any atom is -0.506 e. The summed E-state index contributed by atoms with van der Waals surface area (Å²) >= 11 is 0. The van der Waals surface area contributed by atoms with Crippen molar-refractivity contribution >= 4 is 40.2 Å². The Kier molecular flexibility index (Phi) is 13.1. The molecule has 1 aromatic heterocycles. The third-order valence-electron chi connectivity index (χ3n) is 11.1. The van der Waals surface area contributed by atoms with Crippen LogP contribution in [0.2, 0.25) is 0 Å². The number of aliphatic hydroxyl groups excluding tert-OH is 1. The van der Waals surface area contributed by atoms with Crippen LogP contribution in [0.4, 0.5) is 16.2 Å². The van der Waals surface area contributed by atoms with Gasteiger partial charge in [0.05, 0.1) is 17.3 Å². The Morgan fingerprint density at radius 1 is 0.810 bits per heavy atom. The van der Waals surface area contributed by atoms with Crippen molar-refractivity contribution < 1.29 is 29.3 Å². The molecule has 13 heteroatoms. The number of carbonyl (C=O) groups excluding carboxylic acids is 3. The third-order valence-corrected chi connectivity index (χ3v) is 11.1. The molecule has 7 rings (SSSR count). The van der Waals surface area contributed by atoms with Gasteiger partial charge in [0.1, 0.15) is 11.9 Å². The van der Waals surface area contributed by atoms with E-state index in [9.17, 15) is 29.4 Å². The molecule has 6 N–H and O–H groups in total. The lowest BCUT2D eigenvalue weighted by atomic mass is 9.95. The molecule has 2 aliphatic heterocycles. The summed E-state index contributed by atoms with van der Waals surface area (Å²) in [6, 6.07) is 31.1. The van der Waals surface area contributed by atoms with E-state index in [0.29, 0.717) is 86.1 Å². The van der Waals surface area contributed by atoms with Crippen LogP contribution in [-0.4, -0.2) is 88.3 Å². The first kappa shape index (κ1) is 40.2. The Morgan fingerprint density at radius 2 is 1.53 bits per heavy atom. The molecular weight excluding hydrogens is 737 g/mol. The van der Waals surface area contributed by atoms with Crippen LogP contribution in [0.1, 0.15) is 49.3 Å². The summed E-state index contributed by atoms with van der Waals surface area (Å²) in [5, 5.41) is 30.7. The van der Waals surface area contributed by atoms with E-state index in [4.69, 9.17) is 4.74 Å². The van der Waals surface area contributed by atoms with Crippen LogP contribution in [0.3, 0.4) is 0 Å². The van der Waals surface area contributed by atoms with Gasteiger partial charge in [-0.05, 0) is 72.7 Å². The maximum atomic E-state index is 13.1. The number of ether oxygens (including phenoxy) is 1. The number of aromatic hydroxyl groups is 1. The number of amides is 3. The first-order valence-electron chi connectivity index (χ1n) is 20.0. The fourth-order valence-corrected chi connectivity index (χ4v) is 7.77. The van der Waals surface area contributed by atoms with E-state index in [1.54, 1.807) is 12.1 Å². The summed E-state index contributed by atoms with van der Waals surface area (Å²) in [5.74, 6) is -0.191. The number of carbonyl (C=O) groups is 3. The number of pyridine rings is 1. The number of aromatic amines is 1. The molecule has 0 saturated carbocycles. The van der Waals surface area contributed by atoms with Gasteiger partial charge >= 0.3 is 6.09 Å². The van der Waals surface area contributed by atoms with Gasteiger partial charge in [0.15, 0.2) is 0 Å². The number of likely N-dealkylation sites (tertiary alicyclic amines) is 2. The van der Waals surface area contributed by atoms with Gasteiger partial charge in [-0.3, -0.25) is 19.7 Å². The van der Waals surface area contributed by atoms with E-state index in [1.165, 1.54) is 12.1 Å². The smallest absolute Gasteiger partial charge is 0.411 e. The Labute approximate surface area is 337 Å². The molecule has 3 heterocycles. The summed E-state index contributed by atoms with van der Waals surface area (Å²) < 4.78 is 5.77. The number of anilines is 2. The van der Waals surface area contributed by atoms with E-state index in [2.05, 4.69) is 25.8 Å². The highest BCUT2D eigenvalue weighted by Crippen LogP contribution is 2.30. The standard InChI is InChI=1S/C45H50N6O7/c52-39-16-14-36(37-15-17-41(54)49-43(37)39)40(53)29-46-28-30-10-12-33(13-11-30)47-44(56)32-18-26-51(27-19-32)42(55)22-25-50-23-20-34(21-24-50)58-45(57)48-38-9-5-4-8-35(38)31-6-2-1-3-7-31/h1-17,32,34,40,46,52-53H,18-29H2,(H,47,56)(H,48,57)(H,49,54). The fraction of sp³-hybridized carbons (Fsp3) is 0.333. The van der Waals surface area contributed by atoms with Gasteiger partial charge in [-0.25, -0.2) is 4.79 Å². The number of fused-ring (bicyclic) bond motifs is 1. The van der Waals surface area contributed by atoms with Gasteiger partial charge in [-0.15, -0.1) is 0 Å². The van der Waals surface area contributed by atoms with Crippen molar-refractivity contribution in [1.82, 2.24) is 20.1 Å².